The molecule has 1 heterocycles. The van der Waals surface area contributed by atoms with Crippen LogP contribution in [0.1, 0.15) is 0 Å². The van der Waals surface area contributed by atoms with E-state index in [9.17, 15) is 0 Å². The van der Waals surface area contributed by atoms with Crippen molar-refractivity contribution in [2.24, 2.45) is 0 Å². The normalized spacial score (nSPS) is 10.1. The van der Waals surface area contributed by atoms with E-state index in [0.717, 1.165) is 5.69 Å². The van der Waals surface area contributed by atoms with E-state index < -0.39 is 0 Å². The molecule has 2 rings (SSSR count). The largest absolute Gasteiger partial charge is 0.382 e. The van der Waals surface area contributed by atoms with Crippen molar-refractivity contribution in [3.63, 3.8) is 0 Å². The van der Waals surface area contributed by atoms with Crippen LogP contribution in [0.3, 0.4) is 0 Å². The van der Waals surface area contributed by atoms with Gasteiger partial charge in [-0.1, -0.05) is 23.2 Å². The number of nitrogens with two attached hydrogens (primary N) is 1. The average Bonchev–Trinajstić information content (AvgIpc) is 2.27. The van der Waals surface area contributed by atoms with E-state index >= 15 is 0 Å². The topological polar surface area (TPSA) is 63.8 Å². The van der Waals surface area contributed by atoms with E-state index in [2.05, 4.69) is 15.5 Å². The Morgan fingerprint density at radius 1 is 1.00 bits per heavy atom. The molecule has 0 saturated carbocycles. The molecule has 0 aliphatic carbocycles. The molecule has 0 aliphatic heterocycles. The predicted molar refractivity (Wildman–Crippen MR) is 66.2 cm³/mol. The van der Waals surface area contributed by atoms with Gasteiger partial charge in [-0.05, 0) is 30.3 Å². The van der Waals surface area contributed by atoms with Crippen molar-refractivity contribution >= 4 is 40.5 Å². The third-order valence-corrected chi connectivity index (χ3v) is 2.62. The maximum absolute atomic E-state index is 5.88. The highest BCUT2D eigenvalue weighted by molar-refractivity contribution is 6.42. The van der Waals surface area contributed by atoms with Crippen LogP contribution in [0, 0.1) is 0 Å². The van der Waals surface area contributed by atoms with Crippen molar-refractivity contribution in [3.05, 3.63) is 40.4 Å². The summed E-state index contributed by atoms with van der Waals surface area (Å²) in [5.41, 5.74) is 6.21. The maximum Gasteiger partial charge on any atom is 0.153 e. The van der Waals surface area contributed by atoms with Crippen LogP contribution in [0.15, 0.2) is 30.3 Å². The minimum atomic E-state index is 0.375. The summed E-state index contributed by atoms with van der Waals surface area (Å²) in [6, 6.07) is 8.60. The predicted octanol–water partition coefficient (Wildman–Crippen LogP) is 3.11. The third-order valence-electron chi connectivity index (χ3n) is 1.88. The van der Waals surface area contributed by atoms with Gasteiger partial charge in [0.1, 0.15) is 5.82 Å². The molecule has 1 aromatic heterocycles. The monoisotopic (exact) mass is 254 g/mol. The number of hydrogen-bond acceptors (Lipinski definition) is 4. The van der Waals surface area contributed by atoms with Crippen molar-refractivity contribution < 1.29 is 0 Å². The van der Waals surface area contributed by atoms with Gasteiger partial charge < -0.3 is 11.1 Å². The van der Waals surface area contributed by atoms with Gasteiger partial charge in [0.2, 0.25) is 0 Å². The number of rotatable bonds is 2. The molecule has 3 N–H and O–H groups in total. The second-order valence-electron chi connectivity index (χ2n) is 3.10. The van der Waals surface area contributed by atoms with Gasteiger partial charge in [0.25, 0.3) is 0 Å². The molecule has 0 amide bonds. The molecule has 0 saturated heterocycles. The van der Waals surface area contributed by atoms with Crippen LogP contribution in [-0.4, -0.2) is 10.2 Å². The van der Waals surface area contributed by atoms with Crippen molar-refractivity contribution in [2.45, 2.75) is 0 Å². The molecule has 0 spiro atoms. The Labute approximate surface area is 102 Å². The van der Waals surface area contributed by atoms with E-state index in [0.29, 0.717) is 21.7 Å². The fourth-order valence-corrected chi connectivity index (χ4v) is 1.43. The second-order valence-corrected chi connectivity index (χ2v) is 3.91. The number of aromatic nitrogens is 2. The SMILES string of the molecule is Nc1ccc(Nc2ccc(Cl)c(Cl)c2)nn1. The minimum Gasteiger partial charge on any atom is -0.382 e. The molecule has 0 aliphatic rings. The zero-order chi connectivity index (χ0) is 11.5. The Morgan fingerprint density at radius 3 is 2.44 bits per heavy atom. The maximum atomic E-state index is 5.88. The Morgan fingerprint density at radius 2 is 1.81 bits per heavy atom. The van der Waals surface area contributed by atoms with Gasteiger partial charge in [-0.2, -0.15) is 0 Å². The van der Waals surface area contributed by atoms with Gasteiger partial charge in [0.05, 0.1) is 10.0 Å². The van der Waals surface area contributed by atoms with Crippen LogP contribution in [0.4, 0.5) is 17.3 Å². The van der Waals surface area contributed by atoms with Gasteiger partial charge in [0, 0.05) is 5.69 Å². The quantitative estimate of drug-likeness (QED) is 0.865. The van der Waals surface area contributed by atoms with Gasteiger partial charge in [-0.3, -0.25) is 0 Å². The molecule has 6 heteroatoms. The van der Waals surface area contributed by atoms with Gasteiger partial charge in [0.15, 0.2) is 5.82 Å². The van der Waals surface area contributed by atoms with Crippen LogP contribution in [0.5, 0.6) is 0 Å². The van der Waals surface area contributed by atoms with Crippen molar-refractivity contribution in [1.82, 2.24) is 10.2 Å². The first-order chi connectivity index (χ1) is 7.65. The summed E-state index contributed by atoms with van der Waals surface area (Å²) in [5, 5.41) is 11.6. The second kappa shape index (κ2) is 4.55. The third kappa shape index (κ3) is 2.53. The molecule has 0 radical (unpaired) electrons. The summed E-state index contributed by atoms with van der Waals surface area (Å²) < 4.78 is 0. The van der Waals surface area contributed by atoms with Crippen LogP contribution >= 0.6 is 23.2 Å². The minimum absolute atomic E-state index is 0.375. The molecule has 4 nitrogen and oxygen atoms in total. The lowest BCUT2D eigenvalue weighted by molar-refractivity contribution is 1.05. The van der Waals surface area contributed by atoms with E-state index in [4.69, 9.17) is 28.9 Å². The molecular weight excluding hydrogens is 247 g/mol. The first kappa shape index (κ1) is 11.0. The summed E-state index contributed by atoms with van der Waals surface area (Å²) in [6.07, 6.45) is 0. The van der Waals surface area contributed by atoms with Crippen molar-refractivity contribution in [1.29, 1.82) is 0 Å². The lowest BCUT2D eigenvalue weighted by Gasteiger charge is -2.05. The zero-order valence-corrected chi connectivity index (χ0v) is 9.63. The van der Waals surface area contributed by atoms with Crippen LogP contribution in [0.2, 0.25) is 10.0 Å². The Hall–Kier alpha value is -1.52. The van der Waals surface area contributed by atoms with E-state index in [1.54, 1.807) is 30.3 Å². The molecular formula is C10H8Cl2N4. The summed E-state index contributed by atoms with van der Waals surface area (Å²) in [4.78, 5) is 0. The number of halogens is 2. The summed E-state index contributed by atoms with van der Waals surface area (Å²) >= 11 is 11.7. The highest BCUT2D eigenvalue weighted by Crippen LogP contribution is 2.26. The molecule has 0 unspecified atom stereocenters. The van der Waals surface area contributed by atoms with Gasteiger partial charge >= 0.3 is 0 Å². The summed E-state index contributed by atoms with van der Waals surface area (Å²) in [7, 11) is 0. The molecule has 16 heavy (non-hydrogen) atoms. The molecule has 0 bridgehead atoms. The zero-order valence-electron chi connectivity index (χ0n) is 8.11. The molecule has 0 fully saturated rings. The summed E-state index contributed by atoms with van der Waals surface area (Å²) in [6.45, 7) is 0. The highest BCUT2D eigenvalue weighted by Gasteiger charge is 2.00. The number of nitrogens with one attached hydrogen (secondary N) is 1. The Balaban J connectivity index is 2.20. The number of anilines is 3. The molecule has 1 aromatic carbocycles. The van der Waals surface area contributed by atoms with Crippen molar-refractivity contribution in [3.8, 4) is 0 Å². The Kier molecular flexibility index (Phi) is 3.12. The molecule has 2 aromatic rings. The van der Waals surface area contributed by atoms with Crippen molar-refractivity contribution in [2.75, 3.05) is 11.1 Å². The smallest absolute Gasteiger partial charge is 0.153 e. The number of nitrogens with zero attached hydrogens (tertiary/aromatic N) is 2. The van der Waals surface area contributed by atoms with Gasteiger partial charge in [-0.15, -0.1) is 10.2 Å². The number of hydrogen-bond donors (Lipinski definition) is 2. The highest BCUT2D eigenvalue weighted by atomic mass is 35.5. The molecule has 82 valence electrons. The van der Waals surface area contributed by atoms with Crippen LogP contribution in [0.25, 0.3) is 0 Å². The number of benzene rings is 1. The Bertz CT molecular complexity index is 499. The van der Waals surface area contributed by atoms with E-state index in [1.165, 1.54) is 0 Å². The van der Waals surface area contributed by atoms with Crippen LogP contribution < -0.4 is 11.1 Å². The van der Waals surface area contributed by atoms with E-state index in [1.807, 2.05) is 0 Å². The van der Waals surface area contributed by atoms with Gasteiger partial charge in [-0.25, -0.2) is 0 Å². The average molecular weight is 255 g/mol. The first-order valence-electron chi connectivity index (χ1n) is 4.46. The summed E-state index contributed by atoms with van der Waals surface area (Å²) in [5.74, 6) is 0.965. The molecule has 0 atom stereocenters. The fourth-order valence-electron chi connectivity index (χ4n) is 1.13. The lowest BCUT2D eigenvalue weighted by Crippen LogP contribution is -1.97. The standard InChI is InChI=1S/C10H8Cl2N4/c11-7-2-1-6(5-8(7)12)14-10-4-3-9(13)15-16-10/h1-5H,(H2,13,15)(H,14,16). The first-order valence-corrected chi connectivity index (χ1v) is 5.22. The lowest BCUT2D eigenvalue weighted by atomic mass is 10.3. The van der Waals surface area contributed by atoms with Crippen LogP contribution in [-0.2, 0) is 0 Å². The number of nitrogen functional groups attached to an aromatic ring is 1. The fraction of sp³-hybridized carbons (Fsp3) is 0. The van der Waals surface area contributed by atoms with E-state index in [-0.39, 0.29) is 0 Å².